The molecule has 3 amide bonds. The summed E-state index contributed by atoms with van der Waals surface area (Å²) in [6, 6.07) is 16.1. The van der Waals surface area contributed by atoms with Crippen LogP contribution in [-0.4, -0.2) is 74.9 Å². The number of halogens is 1. The monoisotopic (exact) mass is 549 g/mol. The number of aliphatic hydroxyl groups excluding tert-OH is 1. The number of aliphatic hydroxyl groups is 1. The van der Waals surface area contributed by atoms with Gasteiger partial charge in [0.05, 0.1) is 33.9 Å². The van der Waals surface area contributed by atoms with E-state index < -0.39 is 22.6 Å². The minimum Gasteiger partial charge on any atom is -0.395 e. The van der Waals surface area contributed by atoms with Crippen molar-refractivity contribution < 1.29 is 19.5 Å². The lowest BCUT2D eigenvalue weighted by Gasteiger charge is -2.35. The fraction of sp³-hybridized carbons (Fsp3) is 0.345. The molecule has 1 N–H and O–H groups in total. The van der Waals surface area contributed by atoms with E-state index in [0.29, 0.717) is 30.3 Å². The summed E-state index contributed by atoms with van der Waals surface area (Å²) < 4.78 is -0.926. The second kappa shape index (κ2) is 9.91. The summed E-state index contributed by atoms with van der Waals surface area (Å²) >= 11 is 8.00. The van der Waals surface area contributed by atoms with Gasteiger partial charge in [0.1, 0.15) is 6.04 Å². The molecule has 1 spiro atoms. The zero-order valence-electron chi connectivity index (χ0n) is 20.7. The maximum absolute atomic E-state index is 14.2. The molecule has 4 heterocycles. The van der Waals surface area contributed by atoms with E-state index in [1.807, 2.05) is 60.7 Å². The number of thioether (sulfide) groups is 1. The number of carbonyl (C=O) groups is 3. The molecule has 2 saturated heterocycles. The molecule has 2 aromatic rings. The lowest BCUT2D eigenvalue weighted by molar-refractivity contribution is -0.143. The lowest BCUT2D eigenvalue weighted by atomic mass is 9.78. The van der Waals surface area contributed by atoms with Gasteiger partial charge < -0.3 is 19.8 Å². The number of β-amino-alcohol motifs (C(OH)–C–C–N with tert-alkyl or cyclic N) is 1. The van der Waals surface area contributed by atoms with Gasteiger partial charge in [-0.3, -0.25) is 14.4 Å². The van der Waals surface area contributed by atoms with Gasteiger partial charge in [-0.25, -0.2) is 0 Å². The van der Waals surface area contributed by atoms with Gasteiger partial charge in [0.15, 0.2) is 0 Å². The number of likely N-dealkylation sites (tertiary alicyclic amines) is 1. The third kappa shape index (κ3) is 3.89. The van der Waals surface area contributed by atoms with Crippen LogP contribution in [0.4, 0.5) is 5.69 Å². The smallest absolute Gasteiger partial charge is 0.251 e. The van der Waals surface area contributed by atoms with Gasteiger partial charge in [-0.15, -0.1) is 11.8 Å². The molecule has 6 rings (SSSR count). The Morgan fingerprint density at radius 1 is 0.947 bits per heavy atom. The first-order valence-electron chi connectivity index (χ1n) is 12.8. The van der Waals surface area contributed by atoms with Crippen LogP contribution in [0.15, 0.2) is 78.9 Å². The summed E-state index contributed by atoms with van der Waals surface area (Å²) in [4.78, 5) is 47.2. The zero-order chi connectivity index (χ0) is 26.4. The van der Waals surface area contributed by atoms with E-state index in [-0.39, 0.29) is 36.1 Å². The summed E-state index contributed by atoms with van der Waals surface area (Å²) in [7, 11) is 0. The molecular formula is C29H28ClN3O4S. The molecule has 5 atom stereocenters. The van der Waals surface area contributed by atoms with Crippen molar-refractivity contribution in [3.05, 3.63) is 89.5 Å². The second-order valence-corrected chi connectivity index (χ2v) is 11.9. The highest BCUT2D eigenvalue weighted by molar-refractivity contribution is 8.02. The fourth-order valence-electron chi connectivity index (χ4n) is 6.37. The first kappa shape index (κ1) is 25.2. The van der Waals surface area contributed by atoms with Crippen LogP contribution in [0.1, 0.15) is 5.56 Å². The number of benzene rings is 2. The molecule has 9 heteroatoms. The Bertz CT molecular complexity index is 1330. The van der Waals surface area contributed by atoms with E-state index in [1.165, 1.54) is 16.7 Å². The molecule has 0 bridgehead atoms. The standard InChI is InChI=1S/C29H28ClN3O4S/c30-20-10-4-5-11-21(20)32-15-7-13-29-24(27(36)33(16-17-34)25(29)28(32)37)23-22(38-29)12-6-14-31(26(23)35)18-19-8-2-1-3-9-19/h1-13,22-25,34H,14-18H2/t22-,23+,24-,25?,29-/m0/s1. The van der Waals surface area contributed by atoms with Crippen molar-refractivity contribution in [2.45, 2.75) is 22.6 Å². The third-order valence-electron chi connectivity index (χ3n) is 7.94. The number of para-hydroxylation sites is 1. The van der Waals surface area contributed by atoms with Crippen LogP contribution >= 0.6 is 23.4 Å². The molecule has 0 aromatic heterocycles. The molecule has 4 aliphatic rings. The van der Waals surface area contributed by atoms with Gasteiger partial charge in [0, 0.05) is 31.4 Å². The topological polar surface area (TPSA) is 81.2 Å². The number of hydrogen-bond donors (Lipinski definition) is 1. The Balaban J connectivity index is 1.40. The number of anilines is 1. The maximum Gasteiger partial charge on any atom is 0.251 e. The normalized spacial score (nSPS) is 30.3. The van der Waals surface area contributed by atoms with Crippen molar-refractivity contribution >= 4 is 46.8 Å². The molecule has 0 aliphatic carbocycles. The van der Waals surface area contributed by atoms with Crippen LogP contribution in [0.5, 0.6) is 0 Å². The van der Waals surface area contributed by atoms with Gasteiger partial charge >= 0.3 is 0 Å². The van der Waals surface area contributed by atoms with Gasteiger partial charge in [-0.1, -0.05) is 78.4 Å². The van der Waals surface area contributed by atoms with Crippen molar-refractivity contribution in [3.8, 4) is 0 Å². The Morgan fingerprint density at radius 2 is 1.71 bits per heavy atom. The molecule has 1 unspecified atom stereocenters. The molecule has 2 fully saturated rings. The Morgan fingerprint density at radius 3 is 2.47 bits per heavy atom. The van der Waals surface area contributed by atoms with Crippen LogP contribution in [-0.2, 0) is 20.9 Å². The predicted octanol–water partition coefficient (Wildman–Crippen LogP) is 3.13. The number of fused-ring (bicyclic) bond motifs is 2. The van der Waals surface area contributed by atoms with Crippen LogP contribution in [0.2, 0.25) is 5.02 Å². The highest BCUT2D eigenvalue weighted by atomic mass is 35.5. The summed E-state index contributed by atoms with van der Waals surface area (Å²) in [6.07, 6.45) is 7.91. The molecule has 0 saturated carbocycles. The van der Waals surface area contributed by atoms with Crippen LogP contribution in [0, 0.1) is 11.8 Å². The van der Waals surface area contributed by atoms with Crippen molar-refractivity contribution in [2.75, 3.05) is 31.1 Å². The van der Waals surface area contributed by atoms with Crippen molar-refractivity contribution in [3.63, 3.8) is 0 Å². The first-order chi connectivity index (χ1) is 18.5. The SMILES string of the molecule is O=C1[C@@H]2[C@H](C=CCN1Cc1ccccc1)S[C@]13C=CCN(c4ccccc4Cl)C(=O)C1N(CCO)C(=O)[C@H]23. The van der Waals surface area contributed by atoms with Gasteiger partial charge in [-0.2, -0.15) is 0 Å². The Hall–Kier alpha value is -3.07. The minimum absolute atomic E-state index is 0.0212. The number of hydrogen-bond acceptors (Lipinski definition) is 5. The number of carbonyl (C=O) groups excluding carboxylic acids is 3. The molecular weight excluding hydrogens is 522 g/mol. The van der Waals surface area contributed by atoms with Crippen LogP contribution < -0.4 is 4.90 Å². The fourth-order valence-corrected chi connectivity index (χ4v) is 8.61. The first-order valence-corrected chi connectivity index (χ1v) is 14.0. The highest BCUT2D eigenvalue weighted by Gasteiger charge is 2.71. The Kier molecular flexibility index (Phi) is 6.58. The van der Waals surface area contributed by atoms with E-state index in [4.69, 9.17) is 11.6 Å². The maximum atomic E-state index is 14.2. The average molecular weight is 550 g/mol. The quantitative estimate of drug-likeness (QED) is 0.580. The molecule has 38 heavy (non-hydrogen) atoms. The van der Waals surface area contributed by atoms with Crippen LogP contribution in [0.25, 0.3) is 0 Å². The molecule has 4 aliphatic heterocycles. The molecule has 0 radical (unpaired) electrons. The minimum atomic E-state index is -0.926. The van der Waals surface area contributed by atoms with E-state index in [0.717, 1.165) is 5.56 Å². The van der Waals surface area contributed by atoms with E-state index >= 15 is 0 Å². The van der Waals surface area contributed by atoms with E-state index in [2.05, 4.69) is 0 Å². The van der Waals surface area contributed by atoms with Crippen molar-refractivity contribution in [2.24, 2.45) is 11.8 Å². The lowest BCUT2D eigenvalue weighted by Crippen LogP contribution is -2.53. The number of amides is 3. The predicted molar refractivity (Wildman–Crippen MR) is 148 cm³/mol. The average Bonchev–Trinajstić information content (AvgIpc) is 3.23. The molecule has 2 aromatic carbocycles. The largest absolute Gasteiger partial charge is 0.395 e. The highest BCUT2D eigenvalue weighted by Crippen LogP contribution is 2.61. The summed E-state index contributed by atoms with van der Waals surface area (Å²) in [6.45, 7) is 0.960. The number of rotatable bonds is 5. The van der Waals surface area contributed by atoms with Crippen LogP contribution in [0.3, 0.4) is 0 Å². The second-order valence-electron chi connectivity index (χ2n) is 10.0. The van der Waals surface area contributed by atoms with E-state index in [9.17, 15) is 19.5 Å². The van der Waals surface area contributed by atoms with Gasteiger partial charge in [0.25, 0.3) is 5.91 Å². The third-order valence-corrected chi connectivity index (χ3v) is 10.0. The summed E-state index contributed by atoms with van der Waals surface area (Å²) in [5.41, 5.74) is 1.59. The Labute approximate surface area is 230 Å². The van der Waals surface area contributed by atoms with Crippen molar-refractivity contribution in [1.29, 1.82) is 0 Å². The van der Waals surface area contributed by atoms with Gasteiger partial charge in [-0.05, 0) is 17.7 Å². The van der Waals surface area contributed by atoms with Gasteiger partial charge in [0.2, 0.25) is 11.8 Å². The molecule has 7 nitrogen and oxygen atoms in total. The summed E-state index contributed by atoms with van der Waals surface area (Å²) in [5, 5.41) is 10.1. The zero-order valence-corrected chi connectivity index (χ0v) is 22.2. The number of nitrogens with zero attached hydrogens (tertiary/aromatic N) is 3. The molecule has 196 valence electrons. The summed E-state index contributed by atoms with van der Waals surface area (Å²) in [5.74, 6) is -1.91. The van der Waals surface area contributed by atoms with E-state index in [1.54, 1.807) is 28.0 Å². The van der Waals surface area contributed by atoms with Crippen molar-refractivity contribution in [1.82, 2.24) is 9.80 Å².